The first-order valence-electron chi connectivity index (χ1n) is 7.11. The van der Waals surface area contributed by atoms with Crippen LogP contribution in [0.2, 0.25) is 0 Å². The van der Waals surface area contributed by atoms with Crippen LogP contribution >= 0.6 is 0 Å². The van der Waals surface area contributed by atoms with E-state index in [1.165, 1.54) is 31.4 Å². The Morgan fingerprint density at radius 2 is 2.06 bits per heavy atom. The molecule has 2 aliphatic rings. The summed E-state index contributed by atoms with van der Waals surface area (Å²) in [6.45, 7) is 2.29. The summed E-state index contributed by atoms with van der Waals surface area (Å²) >= 11 is 0. The van der Waals surface area contributed by atoms with Crippen molar-refractivity contribution < 1.29 is 0 Å². The van der Waals surface area contributed by atoms with Gasteiger partial charge in [-0.3, -0.25) is 9.58 Å². The Morgan fingerprint density at radius 1 is 1.39 bits per heavy atom. The van der Waals surface area contributed by atoms with E-state index in [1.807, 2.05) is 17.9 Å². The van der Waals surface area contributed by atoms with Crippen molar-refractivity contribution in [3.8, 4) is 0 Å². The van der Waals surface area contributed by atoms with Crippen molar-refractivity contribution in [3.05, 3.63) is 18.0 Å². The van der Waals surface area contributed by atoms with Gasteiger partial charge in [-0.05, 0) is 45.7 Å². The molecule has 3 rings (SSSR count). The maximum atomic E-state index is 4.29. The maximum absolute atomic E-state index is 4.29. The molecule has 1 aromatic rings. The lowest BCUT2D eigenvalue weighted by Gasteiger charge is -2.38. The van der Waals surface area contributed by atoms with Crippen molar-refractivity contribution >= 4 is 0 Å². The molecule has 0 aromatic carbocycles. The van der Waals surface area contributed by atoms with Crippen LogP contribution in [0.3, 0.4) is 0 Å². The van der Waals surface area contributed by atoms with Crippen molar-refractivity contribution in [2.45, 2.75) is 56.8 Å². The molecule has 2 saturated heterocycles. The molecular weight excluding hydrogens is 224 g/mol. The smallest absolute Gasteiger partial charge is 0.0549 e. The SMILES string of the molecule is CC(c1ccnn1C)N(C)C1CC2CCC(C1)N2. The molecule has 2 aliphatic heterocycles. The third kappa shape index (κ3) is 2.08. The van der Waals surface area contributed by atoms with Gasteiger partial charge in [0, 0.05) is 37.4 Å². The van der Waals surface area contributed by atoms with Crippen LogP contribution in [0.25, 0.3) is 0 Å². The second-order valence-corrected chi connectivity index (χ2v) is 5.98. The molecule has 4 heteroatoms. The number of piperidine rings is 1. The molecule has 0 amide bonds. The third-order valence-electron chi connectivity index (χ3n) is 4.92. The van der Waals surface area contributed by atoms with E-state index in [-0.39, 0.29) is 0 Å². The van der Waals surface area contributed by atoms with Crippen molar-refractivity contribution in [2.24, 2.45) is 7.05 Å². The van der Waals surface area contributed by atoms with Gasteiger partial charge in [-0.2, -0.15) is 5.10 Å². The van der Waals surface area contributed by atoms with Gasteiger partial charge < -0.3 is 5.32 Å². The van der Waals surface area contributed by atoms with Gasteiger partial charge in [-0.25, -0.2) is 0 Å². The number of hydrogen-bond acceptors (Lipinski definition) is 3. The van der Waals surface area contributed by atoms with Gasteiger partial charge in [0.15, 0.2) is 0 Å². The van der Waals surface area contributed by atoms with Gasteiger partial charge in [0.1, 0.15) is 0 Å². The number of aryl methyl sites for hydroxylation is 1. The predicted molar refractivity (Wildman–Crippen MR) is 72.4 cm³/mol. The van der Waals surface area contributed by atoms with Crippen LogP contribution in [0.15, 0.2) is 12.3 Å². The average Bonchev–Trinajstić information content (AvgIpc) is 2.93. The topological polar surface area (TPSA) is 33.1 Å². The molecule has 3 heterocycles. The van der Waals surface area contributed by atoms with Crippen LogP contribution in [0.1, 0.15) is 44.3 Å². The highest BCUT2D eigenvalue weighted by molar-refractivity contribution is 5.07. The second kappa shape index (κ2) is 4.67. The molecule has 1 aromatic heterocycles. The summed E-state index contributed by atoms with van der Waals surface area (Å²) in [6, 6.07) is 4.81. The summed E-state index contributed by atoms with van der Waals surface area (Å²) < 4.78 is 2.00. The summed E-state index contributed by atoms with van der Waals surface area (Å²) in [5.74, 6) is 0. The number of fused-ring (bicyclic) bond motifs is 2. The first-order chi connectivity index (χ1) is 8.65. The van der Waals surface area contributed by atoms with E-state index in [0.717, 1.165) is 12.1 Å². The summed E-state index contributed by atoms with van der Waals surface area (Å²) in [7, 11) is 4.30. The summed E-state index contributed by atoms with van der Waals surface area (Å²) in [4.78, 5) is 2.54. The molecule has 3 unspecified atom stereocenters. The van der Waals surface area contributed by atoms with E-state index in [2.05, 4.69) is 35.4 Å². The minimum Gasteiger partial charge on any atom is -0.311 e. The molecule has 0 saturated carbocycles. The number of nitrogens with zero attached hydrogens (tertiary/aromatic N) is 3. The molecule has 4 nitrogen and oxygen atoms in total. The lowest BCUT2D eigenvalue weighted by atomic mass is 9.97. The van der Waals surface area contributed by atoms with E-state index >= 15 is 0 Å². The molecule has 0 spiro atoms. The van der Waals surface area contributed by atoms with Gasteiger partial charge >= 0.3 is 0 Å². The first kappa shape index (κ1) is 12.2. The van der Waals surface area contributed by atoms with Crippen LogP contribution in [-0.2, 0) is 7.05 Å². The maximum Gasteiger partial charge on any atom is 0.0549 e. The first-order valence-corrected chi connectivity index (χ1v) is 7.11. The van der Waals surface area contributed by atoms with Crippen LogP contribution in [0.5, 0.6) is 0 Å². The van der Waals surface area contributed by atoms with Crippen LogP contribution in [0, 0.1) is 0 Å². The lowest BCUT2D eigenvalue weighted by molar-refractivity contribution is 0.128. The number of nitrogens with one attached hydrogen (secondary N) is 1. The quantitative estimate of drug-likeness (QED) is 0.884. The number of aromatic nitrogens is 2. The van der Waals surface area contributed by atoms with Crippen molar-refractivity contribution in [3.63, 3.8) is 0 Å². The van der Waals surface area contributed by atoms with E-state index < -0.39 is 0 Å². The summed E-state index contributed by atoms with van der Waals surface area (Å²) in [5, 5.41) is 8.00. The van der Waals surface area contributed by atoms with Crippen LogP contribution in [-0.4, -0.2) is 39.9 Å². The fourth-order valence-corrected chi connectivity index (χ4v) is 3.68. The molecule has 3 atom stereocenters. The molecule has 18 heavy (non-hydrogen) atoms. The zero-order valence-electron chi connectivity index (χ0n) is 11.6. The Bertz CT molecular complexity index is 402. The predicted octanol–water partition coefficient (Wildman–Crippen LogP) is 1.70. The number of hydrogen-bond donors (Lipinski definition) is 1. The summed E-state index contributed by atoms with van der Waals surface area (Å²) in [5.41, 5.74) is 1.31. The minimum atomic E-state index is 0.444. The average molecular weight is 248 g/mol. The Labute approximate surface area is 109 Å². The molecule has 1 N–H and O–H groups in total. The van der Waals surface area contributed by atoms with E-state index in [9.17, 15) is 0 Å². The van der Waals surface area contributed by atoms with Crippen molar-refractivity contribution in [2.75, 3.05) is 7.05 Å². The highest BCUT2D eigenvalue weighted by atomic mass is 15.3. The third-order valence-corrected chi connectivity index (χ3v) is 4.92. The zero-order chi connectivity index (χ0) is 12.7. The molecular formula is C14H24N4. The Hall–Kier alpha value is -0.870. The van der Waals surface area contributed by atoms with Gasteiger partial charge in [-0.15, -0.1) is 0 Å². The van der Waals surface area contributed by atoms with Crippen molar-refractivity contribution in [1.82, 2.24) is 20.0 Å². The standard InChI is InChI=1S/C14H24N4/c1-10(14-6-7-15-18(14)3)17(2)13-8-11-4-5-12(9-13)16-11/h6-7,10-13,16H,4-5,8-9H2,1-3H3. The fourth-order valence-electron chi connectivity index (χ4n) is 3.68. The monoisotopic (exact) mass is 248 g/mol. The molecule has 100 valence electrons. The highest BCUT2D eigenvalue weighted by Crippen LogP contribution is 2.32. The number of rotatable bonds is 3. The lowest BCUT2D eigenvalue weighted by Crippen LogP contribution is -2.47. The highest BCUT2D eigenvalue weighted by Gasteiger charge is 2.36. The molecule has 2 bridgehead atoms. The zero-order valence-corrected chi connectivity index (χ0v) is 11.6. The van der Waals surface area contributed by atoms with Gasteiger partial charge in [-0.1, -0.05) is 0 Å². The Morgan fingerprint density at radius 3 is 2.61 bits per heavy atom. The van der Waals surface area contributed by atoms with Crippen LogP contribution < -0.4 is 5.32 Å². The van der Waals surface area contributed by atoms with E-state index in [4.69, 9.17) is 0 Å². The van der Waals surface area contributed by atoms with Gasteiger partial charge in [0.25, 0.3) is 0 Å². The van der Waals surface area contributed by atoms with Crippen LogP contribution in [0.4, 0.5) is 0 Å². The summed E-state index contributed by atoms with van der Waals surface area (Å²) in [6.07, 6.45) is 7.24. The normalized spacial score (nSPS) is 33.0. The molecule has 0 aliphatic carbocycles. The van der Waals surface area contributed by atoms with Gasteiger partial charge in [0.05, 0.1) is 5.69 Å². The Kier molecular flexibility index (Phi) is 3.16. The fraction of sp³-hybridized carbons (Fsp3) is 0.786. The Balaban J connectivity index is 1.71. The largest absolute Gasteiger partial charge is 0.311 e. The molecule has 0 radical (unpaired) electrons. The molecule has 2 fully saturated rings. The second-order valence-electron chi connectivity index (χ2n) is 5.98. The van der Waals surface area contributed by atoms with Gasteiger partial charge in [0.2, 0.25) is 0 Å². The van der Waals surface area contributed by atoms with E-state index in [0.29, 0.717) is 12.1 Å². The van der Waals surface area contributed by atoms with E-state index in [1.54, 1.807) is 0 Å². The minimum absolute atomic E-state index is 0.444. The van der Waals surface area contributed by atoms with Crippen molar-refractivity contribution in [1.29, 1.82) is 0 Å².